The number of hydrogen-bond donors (Lipinski definition) is 0. The standard InChI is InChI=1S/C11H18O2/c1-4-5-6-7-8-13-11(12)9-10(2)3/h6-7,9H,4-5,8H2,1-3H3/b7-6-. The topological polar surface area (TPSA) is 26.3 Å². The summed E-state index contributed by atoms with van der Waals surface area (Å²) >= 11 is 0. The Morgan fingerprint density at radius 2 is 2.00 bits per heavy atom. The molecule has 0 aromatic rings. The van der Waals surface area contributed by atoms with Gasteiger partial charge in [0.1, 0.15) is 6.61 Å². The van der Waals surface area contributed by atoms with Crippen LogP contribution < -0.4 is 0 Å². The minimum atomic E-state index is -0.263. The molecule has 0 aromatic heterocycles. The van der Waals surface area contributed by atoms with Crippen LogP contribution in [0.5, 0.6) is 0 Å². The normalized spacial score (nSPS) is 10.1. The fraction of sp³-hybridized carbons (Fsp3) is 0.545. The zero-order valence-corrected chi connectivity index (χ0v) is 8.67. The summed E-state index contributed by atoms with van der Waals surface area (Å²) < 4.78 is 4.90. The number of rotatable bonds is 5. The molecule has 74 valence electrons. The Bertz CT molecular complexity index is 198. The van der Waals surface area contributed by atoms with E-state index in [4.69, 9.17) is 4.74 Å². The van der Waals surface area contributed by atoms with Crippen molar-refractivity contribution in [1.29, 1.82) is 0 Å². The molecule has 0 amide bonds. The van der Waals surface area contributed by atoms with Gasteiger partial charge >= 0.3 is 5.97 Å². The molecular formula is C11H18O2. The maximum atomic E-state index is 11.0. The van der Waals surface area contributed by atoms with E-state index >= 15 is 0 Å². The molecule has 0 spiro atoms. The van der Waals surface area contributed by atoms with Gasteiger partial charge in [-0.2, -0.15) is 0 Å². The van der Waals surface area contributed by atoms with Gasteiger partial charge in [0.15, 0.2) is 0 Å². The molecule has 0 heterocycles. The van der Waals surface area contributed by atoms with E-state index in [2.05, 4.69) is 6.92 Å². The summed E-state index contributed by atoms with van der Waals surface area (Å²) in [5.74, 6) is -0.263. The molecule has 0 atom stereocenters. The van der Waals surface area contributed by atoms with E-state index in [-0.39, 0.29) is 5.97 Å². The fourth-order valence-electron chi connectivity index (χ4n) is 0.760. The Kier molecular flexibility index (Phi) is 6.98. The molecule has 0 bridgehead atoms. The van der Waals surface area contributed by atoms with Gasteiger partial charge in [-0.25, -0.2) is 4.79 Å². The molecule has 2 heteroatoms. The van der Waals surface area contributed by atoms with Gasteiger partial charge in [-0.15, -0.1) is 0 Å². The third-order valence-electron chi connectivity index (χ3n) is 1.35. The third-order valence-corrected chi connectivity index (χ3v) is 1.35. The fourth-order valence-corrected chi connectivity index (χ4v) is 0.760. The first-order valence-corrected chi connectivity index (χ1v) is 4.63. The quantitative estimate of drug-likeness (QED) is 0.371. The smallest absolute Gasteiger partial charge is 0.330 e. The highest BCUT2D eigenvalue weighted by Crippen LogP contribution is 1.92. The first kappa shape index (κ1) is 11.9. The van der Waals surface area contributed by atoms with E-state index in [0.29, 0.717) is 6.61 Å². The molecule has 0 aliphatic carbocycles. The zero-order valence-electron chi connectivity index (χ0n) is 8.67. The van der Waals surface area contributed by atoms with E-state index in [1.807, 2.05) is 26.0 Å². The highest BCUT2D eigenvalue weighted by atomic mass is 16.5. The van der Waals surface area contributed by atoms with Gasteiger partial charge < -0.3 is 4.74 Å². The first-order valence-electron chi connectivity index (χ1n) is 4.63. The highest BCUT2D eigenvalue weighted by Gasteiger charge is 1.93. The van der Waals surface area contributed by atoms with E-state index in [1.165, 1.54) is 6.08 Å². The SMILES string of the molecule is CCC/C=C\COC(=O)C=C(C)C. The van der Waals surface area contributed by atoms with E-state index in [9.17, 15) is 4.79 Å². The Labute approximate surface area is 80.3 Å². The average Bonchev–Trinajstić information content (AvgIpc) is 2.02. The van der Waals surface area contributed by atoms with Crippen molar-refractivity contribution < 1.29 is 9.53 Å². The largest absolute Gasteiger partial charge is 0.458 e. The van der Waals surface area contributed by atoms with Crippen LogP contribution in [0.15, 0.2) is 23.8 Å². The van der Waals surface area contributed by atoms with E-state index < -0.39 is 0 Å². The summed E-state index contributed by atoms with van der Waals surface area (Å²) in [5, 5.41) is 0. The lowest BCUT2D eigenvalue weighted by molar-refractivity contribution is -0.136. The summed E-state index contributed by atoms with van der Waals surface area (Å²) in [6.07, 6.45) is 7.56. The molecule has 0 aliphatic heterocycles. The lowest BCUT2D eigenvalue weighted by Gasteiger charge is -1.96. The van der Waals surface area contributed by atoms with Crippen molar-refractivity contribution in [2.45, 2.75) is 33.6 Å². The number of carbonyl (C=O) groups excluding carboxylic acids is 1. The minimum absolute atomic E-state index is 0.263. The van der Waals surface area contributed by atoms with Gasteiger partial charge in [-0.1, -0.05) is 31.1 Å². The zero-order chi connectivity index (χ0) is 10.1. The maximum Gasteiger partial charge on any atom is 0.330 e. The third kappa shape index (κ3) is 8.86. The Morgan fingerprint density at radius 1 is 1.31 bits per heavy atom. The van der Waals surface area contributed by atoms with Crippen LogP contribution >= 0.6 is 0 Å². The van der Waals surface area contributed by atoms with Gasteiger partial charge in [0.2, 0.25) is 0 Å². The monoisotopic (exact) mass is 182 g/mol. The molecule has 13 heavy (non-hydrogen) atoms. The molecule has 0 aromatic carbocycles. The number of ether oxygens (including phenoxy) is 1. The van der Waals surface area contributed by atoms with Gasteiger partial charge in [0.05, 0.1) is 0 Å². The molecule has 2 nitrogen and oxygen atoms in total. The van der Waals surface area contributed by atoms with E-state index in [0.717, 1.165) is 18.4 Å². The summed E-state index contributed by atoms with van der Waals surface area (Å²) in [6, 6.07) is 0. The summed E-state index contributed by atoms with van der Waals surface area (Å²) in [6.45, 7) is 6.23. The van der Waals surface area contributed by atoms with Crippen LogP contribution in [0.4, 0.5) is 0 Å². The highest BCUT2D eigenvalue weighted by molar-refractivity contribution is 5.82. The molecule has 0 unspecified atom stereocenters. The van der Waals surface area contributed by atoms with Crippen molar-refractivity contribution in [3.05, 3.63) is 23.8 Å². The predicted molar refractivity (Wildman–Crippen MR) is 54.4 cm³/mol. The number of carbonyl (C=O) groups is 1. The summed E-state index contributed by atoms with van der Waals surface area (Å²) in [4.78, 5) is 11.0. The molecule has 0 rings (SSSR count). The lowest BCUT2D eigenvalue weighted by atomic mass is 10.3. The molecule has 0 saturated carbocycles. The molecule has 0 saturated heterocycles. The molecule has 0 aliphatic rings. The second-order valence-electron chi connectivity index (χ2n) is 3.11. The van der Waals surface area contributed by atoms with Gasteiger partial charge in [-0.05, 0) is 20.3 Å². The number of allylic oxidation sites excluding steroid dienone is 2. The number of hydrogen-bond acceptors (Lipinski definition) is 2. The van der Waals surface area contributed by atoms with E-state index in [1.54, 1.807) is 0 Å². The average molecular weight is 182 g/mol. The summed E-state index contributed by atoms with van der Waals surface area (Å²) in [7, 11) is 0. The Hall–Kier alpha value is -1.05. The number of unbranched alkanes of at least 4 members (excludes halogenated alkanes) is 1. The molecule has 0 radical (unpaired) electrons. The van der Waals surface area contributed by atoms with Crippen LogP contribution in [-0.4, -0.2) is 12.6 Å². The van der Waals surface area contributed by atoms with Gasteiger partial charge in [0.25, 0.3) is 0 Å². The Morgan fingerprint density at radius 3 is 2.54 bits per heavy atom. The number of esters is 1. The molecule has 0 N–H and O–H groups in total. The lowest BCUT2D eigenvalue weighted by Crippen LogP contribution is -2.00. The second kappa shape index (κ2) is 7.59. The predicted octanol–water partition coefficient (Wildman–Crippen LogP) is 2.85. The van der Waals surface area contributed by atoms with Crippen LogP contribution in [0.1, 0.15) is 33.6 Å². The van der Waals surface area contributed by atoms with Crippen molar-refractivity contribution in [3.63, 3.8) is 0 Å². The van der Waals surface area contributed by atoms with Crippen molar-refractivity contribution in [2.24, 2.45) is 0 Å². The van der Waals surface area contributed by atoms with Crippen LogP contribution in [-0.2, 0) is 9.53 Å². The van der Waals surface area contributed by atoms with Crippen LogP contribution in [0.25, 0.3) is 0 Å². The first-order chi connectivity index (χ1) is 6.16. The van der Waals surface area contributed by atoms with Crippen molar-refractivity contribution in [2.75, 3.05) is 6.61 Å². The van der Waals surface area contributed by atoms with Gasteiger partial charge in [0, 0.05) is 6.08 Å². The maximum absolute atomic E-state index is 11.0. The van der Waals surface area contributed by atoms with Crippen LogP contribution in [0.3, 0.4) is 0 Å². The van der Waals surface area contributed by atoms with Crippen LogP contribution in [0.2, 0.25) is 0 Å². The van der Waals surface area contributed by atoms with Crippen molar-refractivity contribution >= 4 is 5.97 Å². The van der Waals surface area contributed by atoms with Crippen molar-refractivity contribution in [1.82, 2.24) is 0 Å². The van der Waals surface area contributed by atoms with Crippen molar-refractivity contribution in [3.8, 4) is 0 Å². The second-order valence-corrected chi connectivity index (χ2v) is 3.11. The van der Waals surface area contributed by atoms with Gasteiger partial charge in [-0.3, -0.25) is 0 Å². The Balaban J connectivity index is 3.54. The molecule has 0 fully saturated rings. The minimum Gasteiger partial charge on any atom is -0.458 e. The molecular weight excluding hydrogens is 164 g/mol. The van der Waals surface area contributed by atoms with Crippen LogP contribution in [0, 0.1) is 0 Å². The summed E-state index contributed by atoms with van der Waals surface area (Å²) in [5.41, 5.74) is 0.961.